The Morgan fingerprint density at radius 2 is 1.37 bits per heavy atom. The molecule has 5 atom stereocenters. The van der Waals surface area contributed by atoms with Crippen LogP contribution < -0.4 is 0 Å². The van der Waals surface area contributed by atoms with Crippen molar-refractivity contribution in [1.29, 1.82) is 0 Å². The third-order valence-electron chi connectivity index (χ3n) is 14.0. The van der Waals surface area contributed by atoms with Gasteiger partial charge in [0.05, 0.1) is 40.0 Å². The first kappa shape index (κ1) is 53.4. The Labute approximate surface area is 368 Å². The fraction of sp³-hybridized carbons (Fsp3) is 0.729. The van der Waals surface area contributed by atoms with Crippen LogP contribution in [0.2, 0.25) is 54.4 Å². The molecule has 11 heteroatoms. The molecule has 0 aliphatic carbocycles. The Bertz CT molecular complexity index is 1760. The van der Waals surface area contributed by atoms with Gasteiger partial charge in [0.15, 0.2) is 25.0 Å². The van der Waals surface area contributed by atoms with Gasteiger partial charge in [0.1, 0.15) is 5.78 Å². The van der Waals surface area contributed by atoms with Crippen molar-refractivity contribution in [2.45, 2.75) is 208 Å². The van der Waals surface area contributed by atoms with E-state index >= 15 is 4.79 Å². The zero-order valence-electron chi connectivity index (χ0n) is 41.1. The summed E-state index contributed by atoms with van der Waals surface area (Å²) < 4.78 is 22.4. The molecule has 0 bridgehead atoms. The first-order valence-corrected chi connectivity index (χ1v) is 31.5. The number of carbonyl (C=O) groups excluding carboxylic acids is 1. The highest BCUT2D eigenvalue weighted by Crippen LogP contribution is 2.45. The molecule has 0 aliphatic rings. The fourth-order valence-corrected chi connectivity index (χ4v) is 11.8. The van der Waals surface area contributed by atoms with E-state index in [1.807, 2.05) is 19.9 Å². The molecule has 336 valence electrons. The van der Waals surface area contributed by atoms with Crippen LogP contribution in [0.5, 0.6) is 0 Å². The van der Waals surface area contributed by atoms with Crippen molar-refractivity contribution in [1.82, 2.24) is 4.98 Å². The van der Waals surface area contributed by atoms with Gasteiger partial charge >= 0.3 is 5.97 Å². The van der Waals surface area contributed by atoms with E-state index in [9.17, 15) is 9.90 Å². The number of aliphatic carboxylic acids is 1. The van der Waals surface area contributed by atoms with Crippen LogP contribution in [0, 0.1) is 24.2 Å². The Balaban J connectivity index is 2.45. The normalized spacial score (nSPS) is 16.8. The molecule has 0 fully saturated rings. The lowest BCUT2D eigenvalue weighted by Crippen LogP contribution is -2.55. The first-order valence-electron chi connectivity index (χ1n) is 22.0. The van der Waals surface area contributed by atoms with Crippen LogP contribution in [0.3, 0.4) is 0 Å². The summed E-state index contributed by atoms with van der Waals surface area (Å²) in [6.07, 6.45) is 6.79. The van der Waals surface area contributed by atoms with Gasteiger partial charge in [0, 0.05) is 11.3 Å². The second kappa shape index (κ2) is 20.2. The number of fused-ring (bicyclic) bond motifs is 1. The van der Waals surface area contributed by atoms with E-state index in [0.717, 1.165) is 36.2 Å². The Morgan fingerprint density at radius 1 is 0.847 bits per heavy atom. The Hall–Kier alpha value is -1.74. The monoisotopic (exact) mass is 888 g/mol. The van der Waals surface area contributed by atoms with Crippen LogP contribution in [0.4, 0.5) is 0 Å². The number of aromatic nitrogens is 1. The molecule has 0 spiro atoms. The summed E-state index contributed by atoms with van der Waals surface area (Å²) in [5.41, 5.74) is 2.47. The summed E-state index contributed by atoms with van der Waals surface area (Å²) >= 11 is 1.73. The highest BCUT2D eigenvalue weighted by molar-refractivity contribution is 7.18. The van der Waals surface area contributed by atoms with Crippen molar-refractivity contribution in [3.8, 4) is 0 Å². The molecule has 0 saturated heterocycles. The van der Waals surface area contributed by atoms with Crippen molar-refractivity contribution in [2.24, 2.45) is 17.3 Å². The van der Waals surface area contributed by atoms with Gasteiger partial charge in [-0.3, -0.25) is 9.59 Å². The van der Waals surface area contributed by atoms with Gasteiger partial charge in [0.25, 0.3) is 0 Å². The minimum Gasteiger partial charge on any atom is -0.481 e. The van der Waals surface area contributed by atoms with E-state index in [2.05, 4.69) is 153 Å². The predicted octanol–water partition coefficient (Wildman–Crippen LogP) is 14.9. The molecule has 1 N–H and O–H groups in total. The molecule has 59 heavy (non-hydrogen) atoms. The van der Waals surface area contributed by atoms with Gasteiger partial charge in [-0.15, -0.1) is 17.9 Å². The van der Waals surface area contributed by atoms with Gasteiger partial charge in [-0.05, 0) is 124 Å². The molecule has 1 aromatic carbocycles. The molecule has 0 aliphatic heterocycles. The number of carbonyl (C=O) groups is 2. The maximum Gasteiger partial charge on any atom is 0.305 e. The van der Waals surface area contributed by atoms with E-state index in [1.54, 1.807) is 11.3 Å². The summed E-state index contributed by atoms with van der Waals surface area (Å²) in [5, 5.41) is 11.0. The summed E-state index contributed by atoms with van der Waals surface area (Å²) in [4.78, 5) is 32.2. The zero-order chi connectivity index (χ0) is 45.7. The van der Waals surface area contributed by atoms with Gasteiger partial charge in [-0.1, -0.05) is 107 Å². The second-order valence-electron chi connectivity index (χ2n) is 22.5. The molecule has 0 unspecified atom stereocenters. The Morgan fingerprint density at radius 3 is 1.88 bits per heavy atom. The van der Waals surface area contributed by atoms with E-state index in [4.69, 9.17) is 18.3 Å². The van der Waals surface area contributed by atoms with Crippen LogP contribution in [-0.4, -0.2) is 59.0 Å². The van der Waals surface area contributed by atoms with E-state index in [-0.39, 0.29) is 45.4 Å². The lowest BCUT2D eigenvalue weighted by molar-refractivity contribution is -0.146. The molecule has 7 nitrogen and oxygen atoms in total. The Kier molecular flexibility index (Phi) is 18.3. The van der Waals surface area contributed by atoms with Gasteiger partial charge in [-0.25, -0.2) is 4.98 Å². The quantitative estimate of drug-likeness (QED) is 0.0929. The predicted molar refractivity (Wildman–Crippen MR) is 260 cm³/mol. The highest BCUT2D eigenvalue weighted by atomic mass is 32.1. The fourth-order valence-electron chi connectivity index (χ4n) is 6.78. The molecule has 0 amide bonds. The maximum absolute atomic E-state index is 15.1. The van der Waals surface area contributed by atoms with Crippen LogP contribution in [0.1, 0.15) is 145 Å². The summed E-state index contributed by atoms with van der Waals surface area (Å²) in [6.45, 7) is 47.8. The van der Waals surface area contributed by atoms with E-state index in [0.29, 0.717) is 6.42 Å². The second-order valence-corrected chi connectivity index (χ2v) is 38.0. The van der Waals surface area contributed by atoms with E-state index in [1.165, 1.54) is 15.8 Å². The zero-order valence-corrected chi connectivity index (χ0v) is 44.9. The smallest absolute Gasteiger partial charge is 0.305 e. The molecule has 0 radical (unpaired) electrons. The first-order chi connectivity index (χ1) is 26.6. The number of allylic oxidation sites excluding steroid dienone is 2. The number of hydrogen-bond donors (Lipinski definition) is 1. The third kappa shape index (κ3) is 14.4. The summed E-state index contributed by atoms with van der Waals surface area (Å²) in [5.74, 6) is -1.39. The van der Waals surface area contributed by atoms with E-state index < -0.39 is 48.4 Å². The minimum atomic E-state index is -2.42. The average molecular weight is 889 g/mol. The van der Waals surface area contributed by atoms with Gasteiger partial charge < -0.3 is 18.4 Å². The number of carboxylic acids is 1. The van der Waals surface area contributed by atoms with Crippen molar-refractivity contribution in [3.63, 3.8) is 0 Å². The number of ketones is 1. The lowest BCUT2D eigenvalue weighted by Gasteiger charge is -2.47. The largest absolute Gasteiger partial charge is 0.481 e. The van der Waals surface area contributed by atoms with Crippen LogP contribution in [-0.2, 0) is 22.9 Å². The van der Waals surface area contributed by atoms with Crippen molar-refractivity contribution in [3.05, 3.63) is 53.1 Å². The number of rotatable bonds is 22. The van der Waals surface area contributed by atoms with Crippen molar-refractivity contribution in [2.75, 3.05) is 0 Å². The number of benzene rings is 1. The number of nitrogens with zero attached hydrogens (tertiary/aromatic N) is 1. The molecule has 1 aromatic heterocycles. The summed E-state index contributed by atoms with van der Waals surface area (Å²) in [6, 6.07) is 6.63. The molecular formula is C48H85NO6SSi3. The van der Waals surface area contributed by atoms with Crippen LogP contribution in [0.25, 0.3) is 10.2 Å². The van der Waals surface area contributed by atoms with Gasteiger partial charge in [-0.2, -0.15) is 0 Å². The third-order valence-corrected chi connectivity index (χ3v) is 28.4. The van der Waals surface area contributed by atoms with Crippen molar-refractivity contribution >= 4 is 58.3 Å². The molecule has 0 saturated carbocycles. The standard InChI is InChI=1S/C48H85NO6SSi3/c1-22-24-37(44(52)48(14,15)41(32-42(50)51)54-58(18,19)46(8,9)10)43(55-59(20,21)47(11,12)13)34(3)26-23-25-33(2)27-29-39(53-57(16,17)45(5,6)7)36-28-30-40-38(31-36)49-35(4)56-40/h22,27-28,30-31,34,37,39,41,43H,1,23-26,29,32H2,2-21H3,(H,50,51)/b33-27+/t34-,37+,39-,41-,43-/m0/s1. The molecule has 1 heterocycles. The molecular weight excluding hydrogens is 803 g/mol. The number of aryl methyl sites for hydroxylation is 1. The SMILES string of the molecule is C=CC[C@@H](C(=O)C(C)(C)[C@H](CC(=O)O)O[Si](C)(C)C(C)(C)C)[C@@H](O[Si](C)(C)C(C)(C)C)[C@@H](C)CCC/C(C)=C/C[C@H](O[Si](C)(C)C(C)(C)C)c1ccc2sc(C)nc2c1. The van der Waals surface area contributed by atoms with Crippen molar-refractivity contribution < 1.29 is 28.0 Å². The minimum absolute atomic E-state index is 0.00670. The number of carboxylic acid groups (broad SMARTS) is 1. The molecule has 2 rings (SSSR count). The summed E-state index contributed by atoms with van der Waals surface area (Å²) in [7, 11) is -6.84. The number of Topliss-reactive ketones (excluding diaryl/α,β-unsaturated/α-hetero) is 1. The lowest BCUT2D eigenvalue weighted by atomic mass is 9.71. The average Bonchev–Trinajstić information content (AvgIpc) is 3.44. The van der Waals surface area contributed by atoms with Crippen LogP contribution >= 0.6 is 11.3 Å². The van der Waals surface area contributed by atoms with Gasteiger partial charge in [0.2, 0.25) is 0 Å². The van der Waals surface area contributed by atoms with Crippen LogP contribution in [0.15, 0.2) is 42.5 Å². The highest BCUT2D eigenvalue weighted by Gasteiger charge is 2.50. The molecule has 2 aromatic rings. The number of hydrogen-bond acceptors (Lipinski definition) is 7. The number of thiazole rings is 1. The topological polar surface area (TPSA) is 95.0 Å². The maximum atomic E-state index is 15.1.